The van der Waals surface area contributed by atoms with Gasteiger partial charge in [0, 0.05) is 12.3 Å². The summed E-state index contributed by atoms with van der Waals surface area (Å²) in [4.78, 5) is 25.3. The van der Waals surface area contributed by atoms with Crippen LogP contribution in [-0.4, -0.2) is 25.2 Å². The van der Waals surface area contributed by atoms with E-state index < -0.39 is 0 Å². The van der Waals surface area contributed by atoms with E-state index in [4.69, 9.17) is 9.47 Å². The van der Waals surface area contributed by atoms with E-state index in [-0.39, 0.29) is 50.5 Å². The number of fused-ring (bicyclic) bond motifs is 7. The first kappa shape index (κ1) is 27.3. The van der Waals surface area contributed by atoms with Gasteiger partial charge in [0.15, 0.2) is 0 Å². The van der Waals surface area contributed by atoms with Crippen LogP contribution in [0.2, 0.25) is 0 Å². The summed E-state index contributed by atoms with van der Waals surface area (Å²) >= 11 is 0. The first-order valence-corrected chi connectivity index (χ1v) is 15.0. The molecular formula is C33H52O4. The highest BCUT2D eigenvalue weighted by Crippen LogP contribution is 2.75. The molecule has 0 radical (unpaired) electrons. The SMILES string of the molecule is COC(=O)C12CCC(C)(C)CC1C1=CC[C@@H]3[C@@]4(C)CC[C@H](OC(C)=O)C(C)(C)[C@@H]4CC[C@@]3(C)[C@]1(C)CC2. The maximum atomic E-state index is 13.4. The topological polar surface area (TPSA) is 52.6 Å². The van der Waals surface area contributed by atoms with E-state index in [2.05, 4.69) is 54.5 Å². The van der Waals surface area contributed by atoms with Crippen molar-refractivity contribution in [2.45, 2.75) is 126 Å². The minimum Gasteiger partial charge on any atom is -0.469 e. The standard InChI is InChI=1S/C33H52O4/c1-21(34)37-26-13-14-30(6)24(29(26,4)5)12-15-32(8)25(30)11-10-22-23-20-28(2,3)16-18-33(23,27(35)36-9)19-17-31(22,32)7/h10,23-26H,11-20H2,1-9H3/t23?,24-,25+,26-,30-,31+,32+,33?/m0/s1. The van der Waals surface area contributed by atoms with Crippen LogP contribution in [0.25, 0.3) is 0 Å². The average molecular weight is 513 g/mol. The Morgan fingerprint density at radius 2 is 1.54 bits per heavy atom. The number of carbonyl (C=O) groups is 2. The van der Waals surface area contributed by atoms with Crippen molar-refractivity contribution in [2.24, 2.45) is 50.2 Å². The highest BCUT2D eigenvalue weighted by molar-refractivity contribution is 5.78. The third kappa shape index (κ3) is 3.58. The molecule has 0 aromatic heterocycles. The summed E-state index contributed by atoms with van der Waals surface area (Å²) < 4.78 is 11.4. The molecule has 0 aromatic carbocycles. The lowest BCUT2D eigenvalue weighted by Gasteiger charge is -2.71. The van der Waals surface area contributed by atoms with Crippen molar-refractivity contribution in [1.82, 2.24) is 0 Å². The van der Waals surface area contributed by atoms with Gasteiger partial charge in [0.2, 0.25) is 0 Å². The Hall–Kier alpha value is -1.32. The first-order valence-electron chi connectivity index (χ1n) is 15.0. The first-order chi connectivity index (χ1) is 17.1. The van der Waals surface area contributed by atoms with E-state index in [1.807, 2.05) is 0 Å². The summed E-state index contributed by atoms with van der Waals surface area (Å²) in [6.45, 7) is 18.8. The monoisotopic (exact) mass is 512 g/mol. The lowest BCUT2D eigenvalue weighted by atomic mass is 9.33. The second-order valence-electron chi connectivity index (χ2n) is 15.8. The van der Waals surface area contributed by atoms with Gasteiger partial charge in [-0.2, -0.15) is 0 Å². The van der Waals surface area contributed by atoms with E-state index in [0.717, 1.165) is 51.4 Å². The summed E-state index contributed by atoms with van der Waals surface area (Å²) in [5.41, 5.74) is 2.01. The fourth-order valence-corrected chi connectivity index (χ4v) is 11.2. The lowest BCUT2D eigenvalue weighted by Crippen LogP contribution is -2.65. The normalized spacial score (nSPS) is 47.8. The van der Waals surface area contributed by atoms with Crippen LogP contribution in [0.1, 0.15) is 120 Å². The highest BCUT2D eigenvalue weighted by atomic mass is 16.5. The van der Waals surface area contributed by atoms with Crippen molar-refractivity contribution in [2.75, 3.05) is 7.11 Å². The number of hydrogen-bond donors (Lipinski definition) is 0. The van der Waals surface area contributed by atoms with Crippen molar-refractivity contribution in [1.29, 1.82) is 0 Å². The molecule has 0 aliphatic heterocycles. The molecule has 5 rings (SSSR count). The van der Waals surface area contributed by atoms with Gasteiger partial charge in [-0.25, -0.2) is 0 Å². The maximum Gasteiger partial charge on any atom is 0.312 e. The summed E-state index contributed by atoms with van der Waals surface area (Å²) in [6.07, 6.45) is 13.4. The van der Waals surface area contributed by atoms with Crippen molar-refractivity contribution in [3.8, 4) is 0 Å². The molecule has 4 fully saturated rings. The lowest BCUT2D eigenvalue weighted by molar-refractivity contribution is -0.213. The van der Waals surface area contributed by atoms with Gasteiger partial charge in [-0.05, 0) is 104 Å². The molecule has 2 unspecified atom stereocenters. The van der Waals surface area contributed by atoms with Crippen molar-refractivity contribution >= 4 is 11.9 Å². The molecule has 5 aliphatic rings. The van der Waals surface area contributed by atoms with Crippen LogP contribution in [0, 0.1) is 50.2 Å². The minimum absolute atomic E-state index is 0.0116. The minimum atomic E-state index is -0.343. The van der Waals surface area contributed by atoms with Gasteiger partial charge in [0.1, 0.15) is 6.10 Å². The Morgan fingerprint density at radius 3 is 2.19 bits per heavy atom. The van der Waals surface area contributed by atoms with E-state index in [0.29, 0.717) is 17.8 Å². The summed E-state index contributed by atoms with van der Waals surface area (Å²) in [6, 6.07) is 0. The molecule has 4 saturated carbocycles. The predicted molar refractivity (Wildman–Crippen MR) is 147 cm³/mol. The zero-order valence-electron chi connectivity index (χ0n) is 25.1. The summed E-state index contributed by atoms with van der Waals surface area (Å²) in [7, 11) is 1.59. The fourth-order valence-electron chi connectivity index (χ4n) is 11.2. The number of ether oxygens (including phenoxy) is 2. The molecule has 208 valence electrons. The van der Waals surface area contributed by atoms with Crippen LogP contribution in [0.3, 0.4) is 0 Å². The van der Waals surface area contributed by atoms with Gasteiger partial charge in [0.25, 0.3) is 0 Å². The Balaban J connectivity index is 1.55. The molecule has 0 spiro atoms. The van der Waals surface area contributed by atoms with Gasteiger partial charge in [-0.3, -0.25) is 9.59 Å². The molecule has 8 atom stereocenters. The second kappa shape index (κ2) is 8.34. The van der Waals surface area contributed by atoms with E-state index in [9.17, 15) is 9.59 Å². The third-order valence-electron chi connectivity index (χ3n) is 13.5. The Morgan fingerprint density at radius 1 is 0.865 bits per heavy atom. The maximum absolute atomic E-state index is 13.4. The van der Waals surface area contributed by atoms with Crippen LogP contribution in [0.4, 0.5) is 0 Å². The molecule has 0 heterocycles. The number of allylic oxidation sites excluding steroid dienone is 2. The molecule has 4 heteroatoms. The smallest absolute Gasteiger partial charge is 0.312 e. The van der Waals surface area contributed by atoms with Crippen molar-refractivity contribution in [3.05, 3.63) is 11.6 Å². The van der Waals surface area contributed by atoms with Gasteiger partial charge >= 0.3 is 11.9 Å². The molecule has 4 nitrogen and oxygen atoms in total. The zero-order chi connectivity index (χ0) is 27.2. The van der Waals surface area contributed by atoms with E-state index in [1.54, 1.807) is 19.6 Å². The molecule has 37 heavy (non-hydrogen) atoms. The van der Waals surface area contributed by atoms with Crippen LogP contribution in [0.5, 0.6) is 0 Å². The highest BCUT2D eigenvalue weighted by Gasteiger charge is 2.69. The Bertz CT molecular complexity index is 1010. The predicted octanol–water partition coefficient (Wildman–Crippen LogP) is 7.89. The van der Waals surface area contributed by atoms with Gasteiger partial charge in [-0.15, -0.1) is 0 Å². The van der Waals surface area contributed by atoms with Crippen LogP contribution in [0.15, 0.2) is 11.6 Å². The van der Waals surface area contributed by atoms with Crippen molar-refractivity contribution < 1.29 is 19.1 Å². The van der Waals surface area contributed by atoms with E-state index >= 15 is 0 Å². The number of esters is 2. The van der Waals surface area contributed by atoms with Crippen LogP contribution in [-0.2, 0) is 19.1 Å². The molecule has 0 saturated heterocycles. The molecular weight excluding hydrogens is 460 g/mol. The van der Waals surface area contributed by atoms with Crippen molar-refractivity contribution in [3.63, 3.8) is 0 Å². The molecule has 0 aromatic rings. The van der Waals surface area contributed by atoms with Gasteiger partial charge in [-0.1, -0.05) is 60.1 Å². The van der Waals surface area contributed by atoms with Gasteiger partial charge < -0.3 is 9.47 Å². The molecule has 5 aliphatic carbocycles. The fraction of sp³-hybridized carbons (Fsp3) is 0.879. The van der Waals surface area contributed by atoms with Crippen LogP contribution >= 0.6 is 0 Å². The molecule has 0 bridgehead atoms. The summed E-state index contributed by atoms with van der Waals surface area (Å²) in [5, 5.41) is 0. The zero-order valence-corrected chi connectivity index (χ0v) is 25.1. The van der Waals surface area contributed by atoms with Gasteiger partial charge in [0.05, 0.1) is 12.5 Å². The number of hydrogen-bond acceptors (Lipinski definition) is 4. The second-order valence-corrected chi connectivity index (χ2v) is 15.8. The van der Waals surface area contributed by atoms with Crippen LogP contribution < -0.4 is 0 Å². The molecule has 0 N–H and O–H groups in total. The largest absolute Gasteiger partial charge is 0.469 e. The Kier molecular flexibility index (Phi) is 6.14. The number of methoxy groups -OCH3 is 1. The number of carbonyl (C=O) groups excluding carboxylic acids is 2. The van der Waals surface area contributed by atoms with E-state index in [1.165, 1.54) is 12.8 Å². The average Bonchev–Trinajstić information content (AvgIpc) is 2.80. The Labute approximate surface area is 225 Å². The summed E-state index contributed by atoms with van der Waals surface area (Å²) in [5.74, 6) is 1.33. The molecule has 0 amide bonds. The quantitative estimate of drug-likeness (QED) is 0.279. The third-order valence-corrected chi connectivity index (χ3v) is 13.5. The number of rotatable bonds is 2.